The molecule has 31 heavy (non-hydrogen) atoms. The topological polar surface area (TPSA) is 48.8 Å². The minimum absolute atomic E-state index is 0. The van der Waals surface area contributed by atoms with Gasteiger partial charge in [-0.25, -0.2) is 4.98 Å². The van der Waals surface area contributed by atoms with Crippen molar-refractivity contribution in [2.45, 2.75) is 20.0 Å². The van der Waals surface area contributed by atoms with Gasteiger partial charge >= 0.3 is 0 Å². The molecule has 0 radical (unpaired) electrons. The number of pyridine rings is 1. The van der Waals surface area contributed by atoms with Gasteiger partial charge < -0.3 is 19.6 Å². The first-order valence-electron chi connectivity index (χ1n) is 10.4. The van der Waals surface area contributed by atoms with Crippen LogP contribution in [-0.4, -0.2) is 60.4 Å². The first kappa shape index (κ1) is 25.2. The van der Waals surface area contributed by atoms with Crippen molar-refractivity contribution in [2.75, 3.05) is 44.2 Å². The Bertz CT molecular complexity index is 961. The zero-order valence-corrected chi connectivity index (χ0v) is 19.7. The van der Waals surface area contributed by atoms with Gasteiger partial charge in [0.15, 0.2) is 0 Å². The van der Waals surface area contributed by atoms with Gasteiger partial charge in [-0.1, -0.05) is 31.2 Å². The number of fused-ring (bicyclic) bond motifs is 1. The van der Waals surface area contributed by atoms with Crippen molar-refractivity contribution < 1.29 is 9.84 Å². The maximum absolute atomic E-state index is 9.17. The molecule has 1 saturated heterocycles. The van der Waals surface area contributed by atoms with Gasteiger partial charge in [0.2, 0.25) is 0 Å². The summed E-state index contributed by atoms with van der Waals surface area (Å²) in [5, 5.41) is 11.6. The van der Waals surface area contributed by atoms with Crippen LogP contribution in [0.3, 0.4) is 0 Å². The van der Waals surface area contributed by atoms with Gasteiger partial charge in [0.05, 0.1) is 12.3 Å². The molecule has 0 bridgehead atoms. The highest BCUT2D eigenvalue weighted by Gasteiger charge is 2.19. The number of likely N-dealkylation sites (N-methyl/N-ethyl adjacent to an activating group) is 1. The number of aromatic nitrogens is 1. The van der Waals surface area contributed by atoms with Crippen LogP contribution < -0.4 is 9.64 Å². The van der Waals surface area contributed by atoms with E-state index in [-0.39, 0.29) is 37.5 Å². The van der Waals surface area contributed by atoms with Crippen molar-refractivity contribution in [2.24, 2.45) is 0 Å². The fourth-order valence-electron chi connectivity index (χ4n) is 3.82. The van der Waals surface area contributed by atoms with E-state index in [1.165, 1.54) is 10.8 Å². The number of aliphatic hydroxyl groups is 1. The number of piperazine rings is 1. The highest BCUT2D eigenvalue weighted by Crippen LogP contribution is 2.31. The van der Waals surface area contributed by atoms with E-state index < -0.39 is 0 Å². The first-order chi connectivity index (χ1) is 14.2. The molecule has 3 aromatic rings. The van der Waals surface area contributed by atoms with Gasteiger partial charge in [0.25, 0.3) is 0 Å². The summed E-state index contributed by atoms with van der Waals surface area (Å²) in [6, 6.07) is 18.6. The van der Waals surface area contributed by atoms with Crippen LogP contribution in [0, 0.1) is 0 Å². The summed E-state index contributed by atoms with van der Waals surface area (Å²) in [6.07, 6.45) is -0.215. The number of ether oxygens (including phenoxy) is 1. The molecule has 1 aromatic heterocycles. The summed E-state index contributed by atoms with van der Waals surface area (Å²) in [5.41, 5.74) is 2.03. The Morgan fingerprint density at radius 3 is 2.32 bits per heavy atom. The molecule has 0 amide bonds. The van der Waals surface area contributed by atoms with Crippen molar-refractivity contribution >= 4 is 41.4 Å². The van der Waals surface area contributed by atoms with Gasteiger partial charge in [-0.05, 0) is 49.2 Å². The molecule has 2 heterocycles. The minimum Gasteiger partial charge on any atom is -0.488 e. The van der Waals surface area contributed by atoms with E-state index in [9.17, 15) is 5.11 Å². The summed E-state index contributed by atoms with van der Waals surface area (Å²) in [4.78, 5) is 9.97. The quantitative estimate of drug-likeness (QED) is 0.576. The van der Waals surface area contributed by atoms with Crippen molar-refractivity contribution in [1.29, 1.82) is 0 Å². The van der Waals surface area contributed by atoms with E-state index in [1.807, 2.05) is 31.2 Å². The largest absolute Gasteiger partial charge is 0.488 e. The van der Waals surface area contributed by atoms with Crippen molar-refractivity contribution in [3.63, 3.8) is 0 Å². The Balaban J connectivity index is 0.00000171. The molecule has 7 heteroatoms. The number of halogens is 2. The van der Waals surface area contributed by atoms with Crippen LogP contribution in [-0.2, 0) is 0 Å². The third-order valence-electron chi connectivity index (χ3n) is 5.58. The fourth-order valence-corrected chi connectivity index (χ4v) is 3.82. The Morgan fingerprint density at radius 1 is 1.00 bits per heavy atom. The summed E-state index contributed by atoms with van der Waals surface area (Å²) < 4.78 is 5.68. The molecule has 1 unspecified atom stereocenters. The van der Waals surface area contributed by atoms with E-state index in [0.717, 1.165) is 55.5 Å². The summed E-state index contributed by atoms with van der Waals surface area (Å²) in [7, 11) is 0. The Kier molecular flexibility index (Phi) is 9.38. The van der Waals surface area contributed by atoms with Crippen LogP contribution in [0.1, 0.15) is 13.8 Å². The van der Waals surface area contributed by atoms with Crippen LogP contribution in [0.25, 0.3) is 22.0 Å². The van der Waals surface area contributed by atoms with E-state index in [2.05, 4.69) is 47.1 Å². The molecule has 1 atom stereocenters. The average Bonchev–Trinajstić information content (AvgIpc) is 2.79. The molecule has 0 saturated carbocycles. The molecular formula is C24H31Cl2N3O2. The summed E-state index contributed by atoms with van der Waals surface area (Å²) in [5.74, 6) is 1.83. The molecule has 1 aliphatic heterocycles. The van der Waals surface area contributed by atoms with Gasteiger partial charge in [-0.2, -0.15) is 0 Å². The van der Waals surface area contributed by atoms with E-state index in [1.54, 1.807) is 0 Å². The SMILES string of the molecule is CCN1CCN(c2nc(-c3ccc(OC(C)CO)cc3)cc3ccccc23)CC1.Cl.Cl. The van der Waals surface area contributed by atoms with Crippen LogP contribution in [0.4, 0.5) is 5.82 Å². The number of hydrogen-bond acceptors (Lipinski definition) is 5. The van der Waals surface area contributed by atoms with E-state index in [4.69, 9.17) is 9.72 Å². The van der Waals surface area contributed by atoms with Crippen molar-refractivity contribution in [3.8, 4) is 17.0 Å². The Labute approximate surface area is 196 Å². The van der Waals surface area contributed by atoms with Gasteiger partial charge in [0, 0.05) is 37.1 Å². The lowest BCUT2D eigenvalue weighted by Gasteiger charge is -2.35. The van der Waals surface area contributed by atoms with Gasteiger partial charge in [0.1, 0.15) is 17.7 Å². The molecule has 0 aliphatic carbocycles. The zero-order valence-electron chi connectivity index (χ0n) is 18.0. The lowest BCUT2D eigenvalue weighted by molar-refractivity contribution is 0.130. The Hall–Kier alpha value is -2.05. The number of anilines is 1. The first-order valence-corrected chi connectivity index (χ1v) is 10.4. The van der Waals surface area contributed by atoms with E-state index >= 15 is 0 Å². The van der Waals surface area contributed by atoms with Crippen molar-refractivity contribution in [3.05, 3.63) is 54.6 Å². The van der Waals surface area contributed by atoms with Gasteiger partial charge in [-0.15, -0.1) is 24.8 Å². The third kappa shape index (κ3) is 5.80. The molecule has 0 spiro atoms. The monoisotopic (exact) mass is 463 g/mol. The predicted octanol–water partition coefficient (Wildman–Crippen LogP) is 4.65. The lowest BCUT2D eigenvalue weighted by atomic mass is 10.1. The molecule has 2 aromatic carbocycles. The number of hydrogen-bond donors (Lipinski definition) is 1. The highest BCUT2D eigenvalue weighted by atomic mass is 35.5. The van der Waals surface area contributed by atoms with Crippen LogP contribution in [0.5, 0.6) is 5.75 Å². The normalized spacial score (nSPS) is 15.1. The standard InChI is InChI=1S/C24H29N3O2.2ClH/c1-3-26-12-14-27(15-13-26)24-22-7-5-4-6-20(22)16-23(25-24)19-8-10-21(11-9-19)29-18(2)17-28;;/h4-11,16,18,28H,3,12-15,17H2,1-2H3;2*1H. The zero-order chi connectivity index (χ0) is 20.2. The average molecular weight is 464 g/mol. The molecule has 4 rings (SSSR count). The summed E-state index contributed by atoms with van der Waals surface area (Å²) in [6.45, 7) is 9.33. The van der Waals surface area contributed by atoms with Crippen LogP contribution >= 0.6 is 24.8 Å². The third-order valence-corrected chi connectivity index (χ3v) is 5.58. The maximum Gasteiger partial charge on any atom is 0.137 e. The number of rotatable bonds is 6. The highest BCUT2D eigenvalue weighted by molar-refractivity contribution is 5.95. The smallest absolute Gasteiger partial charge is 0.137 e. The van der Waals surface area contributed by atoms with E-state index in [0.29, 0.717) is 0 Å². The molecule has 1 N–H and O–H groups in total. The molecular weight excluding hydrogens is 433 g/mol. The number of aliphatic hydroxyl groups excluding tert-OH is 1. The van der Waals surface area contributed by atoms with Gasteiger partial charge in [-0.3, -0.25) is 0 Å². The number of nitrogens with zero attached hydrogens (tertiary/aromatic N) is 3. The predicted molar refractivity (Wildman–Crippen MR) is 133 cm³/mol. The summed E-state index contributed by atoms with van der Waals surface area (Å²) >= 11 is 0. The second-order valence-corrected chi connectivity index (χ2v) is 7.61. The molecule has 168 valence electrons. The lowest BCUT2D eigenvalue weighted by Crippen LogP contribution is -2.46. The second-order valence-electron chi connectivity index (χ2n) is 7.61. The molecule has 1 fully saturated rings. The Morgan fingerprint density at radius 2 is 1.68 bits per heavy atom. The minimum atomic E-state index is -0.215. The van der Waals surface area contributed by atoms with Crippen LogP contribution in [0.15, 0.2) is 54.6 Å². The maximum atomic E-state index is 9.17. The molecule has 5 nitrogen and oxygen atoms in total. The second kappa shape index (κ2) is 11.5. The molecule has 1 aliphatic rings. The number of benzene rings is 2. The van der Waals surface area contributed by atoms with Crippen LogP contribution in [0.2, 0.25) is 0 Å². The van der Waals surface area contributed by atoms with Crippen molar-refractivity contribution in [1.82, 2.24) is 9.88 Å². The fraction of sp³-hybridized carbons (Fsp3) is 0.375.